The van der Waals surface area contributed by atoms with E-state index in [2.05, 4.69) is 21.7 Å². The number of guanidine groups is 1. The minimum Gasteiger partial charge on any atom is -0.493 e. The molecule has 1 unspecified atom stereocenters. The topological polar surface area (TPSA) is 54.9 Å². The molecule has 1 aromatic rings. The molecule has 0 bridgehead atoms. The quantitative estimate of drug-likeness (QED) is 0.586. The number of benzene rings is 1. The van der Waals surface area contributed by atoms with Gasteiger partial charge in [0, 0.05) is 31.0 Å². The van der Waals surface area contributed by atoms with Crippen molar-refractivity contribution in [3.8, 4) is 11.5 Å². The summed E-state index contributed by atoms with van der Waals surface area (Å²) in [5.41, 5.74) is 1.11. The molecule has 1 heterocycles. The molecule has 3 rings (SSSR count). The fourth-order valence-electron chi connectivity index (χ4n) is 3.59. The molecular formula is C20H31N3O2S. The Morgan fingerprint density at radius 2 is 2.08 bits per heavy atom. The number of ether oxygens (including phenoxy) is 2. The Kier molecular flexibility index (Phi) is 7.35. The molecule has 1 aromatic carbocycles. The van der Waals surface area contributed by atoms with Gasteiger partial charge in [-0.3, -0.25) is 4.99 Å². The Labute approximate surface area is 161 Å². The molecule has 2 aliphatic rings. The summed E-state index contributed by atoms with van der Waals surface area (Å²) in [6.07, 6.45) is 7.56. The average molecular weight is 378 g/mol. The minimum absolute atomic E-state index is 0.307. The predicted octanol–water partition coefficient (Wildman–Crippen LogP) is 3.58. The first-order chi connectivity index (χ1) is 12.8. The molecule has 0 spiro atoms. The molecule has 1 aliphatic carbocycles. The third kappa shape index (κ3) is 5.22. The summed E-state index contributed by atoms with van der Waals surface area (Å²) >= 11 is 2.01. The number of methoxy groups -OCH3 is 1. The maximum atomic E-state index is 6.32. The molecular weight excluding hydrogens is 346 g/mol. The normalized spacial score (nSPS) is 21.5. The van der Waals surface area contributed by atoms with Crippen LogP contribution in [0.15, 0.2) is 23.2 Å². The van der Waals surface area contributed by atoms with Crippen LogP contribution >= 0.6 is 11.8 Å². The average Bonchev–Trinajstić information content (AvgIpc) is 3.20. The van der Waals surface area contributed by atoms with Crippen LogP contribution in [0.5, 0.6) is 11.5 Å². The molecule has 1 aliphatic heterocycles. The van der Waals surface area contributed by atoms with Crippen molar-refractivity contribution in [2.45, 2.75) is 57.2 Å². The molecule has 0 aromatic heterocycles. The Hall–Kier alpha value is -1.56. The largest absolute Gasteiger partial charge is 0.493 e. The summed E-state index contributed by atoms with van der Waals surface area (Å²) in [4.78, 5) is 4.39. The third-order valence-corrected chi connectivity index (χ3v) is 6.25. The van der Waals surface area contributed by atoms with Gasteiger partial charge in [-0.2, -0.15) is 11.8 Å². The highest BCUT2D eigenvalue weighted by molar-refractivity contribution is 7.99. The molecule has 1 saturated carbocycles. The molecule has 2 N–H and O–H groups in total. The zero-order valence-corrected chi connectivity index (χ0v) is 16.7. The molecule has 1 atom stereocenters. The number of rotatable bonds is 6. The van der Waals surface area contributed by atoms with Crippen molar-refractivity contribution in [3.05, 3.63) is 23.8 Å². The second-order valence-corrected chi connectivity index (χ2v) is 8.11. The van der Waals surface area contributed by atoms with Crippen LogP contribution in [0.25, 0.3) is 0 Å². The fraction of sp³-hybridized carbons (Fsp3) is 0.650. The van der Waals surface area contributed by atoms with Gasteiger partial charge in [0.15, 0.2) is 17.5 Å². The summed E-state index contributed by atoms with van der Waals surface area (Å²) in [5.74, 6) is 4.96. The minimum atomic E-state index is 0.307. The van der Waals surface area contributed by atoms with Crippen molar-refractivity contribution in [2.24, 2.45) is 4.99 Å². The van der Waals surface area contributed by atoms with E-state index < -0.39 is 0 Å². The van der Waals surface area contributed by atoms with Crippen LogP contribution in [0, 0.1) is 0 Å². The van der Waals surface area contributed by atoms with Gasteiger partial charge in [-0.15, -0.1) is 0 Å². The van der Waals surface area contributed by atoms with Gasteiger partial charge in [-0.25, -0.2) is 0 Å². The van der Waals surface area contributed by atoms with Gasteiger partial charge in [0.2, 0.25) is 0 Å². The van der Waals surface area contributed by atoms with Gasteiger partial charge in [-0.05, 0) is 50.3 Å². The number of hydrogen-bond acceptors (Lipinski definition) is 4. The van der Waals surface area contributed by atoms with Crippen LogP contribution in [-0.4, -0.2) is 43.8 Å². The molecule has 0 radical (unpaired) electrons. The summed E-state index contributed by atoms with van der Waals surface area (Å²) < 4.78 is 11.9. The SMILES string of the molecule is CN=C(NCc1cccc(OC)c1OC1CCCC1)NC1CCCSC1. The lowest BCUT2D eigenvalue weighted by Gasteiger charge is -2.25. The first kappa shape index (κ1) is 19.2. The first-order valence-corrected chi connectivity index (χ1v) is 10.8. The van der Waals surface area contributed by atoms with Gasteiger partial charge < -0.3 is 20.1 Å². The van der Waals surface area contributed by atoms with Crippen LogP contribution < -0.4 is 20.1 Å². The van der Waals surface area contributed by atoms with Crippen LogP contribution in [-0.2, 0) is 6.54 Å². The highest BCUT2D eigenvalue weighted by Gasteiger charge is 2.21. The molecule has 6 heteroatoms. The predicted molar refractivity (Wildman–Crippen MR) is 110 cm³/mol. The molecule has 2 fully saturated rings. The Morgan fingerprint density at radius 3 is 2.77 bits per heavy atom. The van der Waals surface area contributed by atoms with E-state index in [4.69, 9.17) is 9.47 Å². The Balaban J connectivity index is 1.63. The van der Waals surface area contributed by atoms with E-state index in [0.29, 0.717) is 18.7 Å². The van der Waals surface area contributed by atoms with Gasteiger partial charge in [0.25, 0.3) is 0 Å². The summed E-state index contributed by atoms with van der Waals surface area (Å²) in [6.45, 7) is 0.665. The standard InChI is InChI=1S/C20H31N3O2S/c1-21-20(23-16-8-6-12-26-14-16)22-13-15-7-5-11-18(24-2)19(15)25-17-9-3-4-10-17/h5,7,11,16-17H,3-4,6,8-10,12-14H2,1-2H3,(H2,21,22,23). The smallest absolute Gasteiger partial charge is 0.191 e. The maximum Gasteiger partial charge on any atom is 0.191 e. The maximum absolute atomic E-state index is 6.32. The number of hydrogen-bond donors (Lipinski definition) is 2. The Bertz CT molecular complexity index is 597. The van der Waals surface area contributed by atoms with Crippen molar-refractivity contribution in [2.75, 3.05) is 25.7 Å². The third-order valence-electron chi connectivity index (χ3n) is 5.04. The van der Waals surface area contributed by atoms with E-state index in [1.807, 2.05) is 30.9 Å². The first-order valence-electron chi connectivity index (χ1n) is 9.67. The lowest BCUT2D eigenvalue weighted by Crippen LogP contribution is -2.45. The highest BCUT2D eigenvalue weighted by atomic mass is 32.2. The van der Waals surface area contributed by atoms with Crippen LogP contribution in [0.4, 0.5) is 0 Å². The molecule has 144 valence electrons. The summed E-state index contributed by atoms with van der Waals surface area (Å²) in [6, 6.07) is 6.59. The van der Waals surface area contributed by atoms with Gasteiger partial charge in [0.1, 0.15) is 0 Å². The van der Waals surface area contributed by atoms with Gasteiger partial charge in [-0.1, -0.05) is 12.1 Å². The molecule has 5 nitrogen and oxygen atoms in total. The number of nitrogens with zero attached hydrogens (tertiary/aromatic N) is 1. The van der Waals surface area contributed by atoms with Gasteiger partial charge in [0.05, 0.1) is 13.2 Å². The number of thioether (sulfide) groups is 1. The monoisotopic (exact) mass is 377 g/mol. The van der Waals surface area contributed by atoms with Crippen molar-refractivity contribution >= 4 is 17.7 Å². The zero-order chi connectivity index (χ0) is 18.2. The highest BCUT2D eigenvalue weighted by Crippen LogP contribution is 2.34. The van der Waals surface area contributed by atoms with Crippen LogP contribution in [0.2, 0.25) is 0 Å². The number of aliphatic imine (C=N–C) groups is 1. The van der Waals surface area contributed by atoms with Crippen molar-refractivity contribution < 1.29 is 9.47 Å². The second kappa shape index (κ2) is 9.95. The van der Waals surface area contributed by atoms with Crippen molar-refractivity contribution in [1.29, 1.82) is 0 Å². The number of para-hydroxylation sites is 1. The number of nitrogens with one attached hydrogen (secondary N) is 2. The van der Waals surface area contributed by atoms with E-state index in [1.54, 1.807) is 7.11 Å². The van der Waals surface area contributed by atoms with Crippen LogP contribution in [0.1, 0.15) is 44.1 Å². The van der Waals surface area contributed by atoms with E-state index >= 15 is 0 Å². The van der Waals surface area contributed by atoms with E-state index in [1.165, 1.54) is 31.4 Å². The Morgan fingerprint density at radius 1 is 1.23 bits per heavy atom. The van der Waals surface area contributed by atoms with E-state index in [0.717, 1.165) is 41.6 Å². The van der Waals surface area contributed by atoms with Crippen molar-refractivity contribution in [3.63, 3.8) is 0 Å². The lowest BCUT2D eigenvalue weighted by atomic mass is 10.1. The van der Waals surface area contributed by atoms with E-state index in [-0.39, 0.29) is 0 Å². The molecule has 0 amide bonds. The van der Waals surface area contributed by atoms with E-state index in [9.17, 15) is 0 Å². The summed E-state index contributed by atoms with van der Waals surface area (Å²) in [5, 5.41) is 6.99. The lowest BCUT2D eigenvalue weighted by molar-refractivity contribution is 0.198. The fourth-order valence-corrected chi connectivity index (χ4v) is 4.66. The molecule has 26 heavy (non-hydrogen) atoms. The second-order valence-electron chi connectivity index (χ2n) is 6.96. The summed E-state index contributed by atoms with van der Waals surface area (Å²) in [7, 11) is 3.53. The zero-order valence-electron chi connectivity index (χ0n) is 15.9. The van der Waals surface area contributed by atoms with Crippen molar-refractivity contribution in [1.82, 2.24) is 10.6 Å². The van der Waals surface area contributed by atoms with Crippen LogP contribution in [0.3, 0.4) is 0 Å². The van der Waals surface area contributed by atoms with Gasteiger partial charge >= 0.3 is 0 Å². The molecule has 1 saturated heterocycles.